The Morgan fingerprint density at radius 1 is 0.449 bits per heavy atom. The largest absolute Gasteiger partial charge is 0.394 e. The SMILES string of the molecule is CCCC/C=C/CC/C=C/C(O)C(COC1OC(CO)C(OC2OC(CO)C(OC3OC(CO)C(O)C(O)C3O)C(O)C2O)C(O)C1O)NC(=O)CCCCCCCCCCCCCCCCCCCCCCCCCCC. The number of ether oxygens (including phenoxy) is 6. The third-order valence-corrected chi connectivity index (χ3v) is 15.5. The molecule has 12 N–H and O–H groups in total. The van der Waals surface area contributed by atoms with Crippen LogP contribution < -0.4 is 5.32 Å². The maximum atomic E-state index is 13.3. The molecule has 0 spiro atoms. The zero-order valence-corrected chi connectivity index (χ0v) is 47.7. The smallest absolute Gasteiger partial charge is 0.220 e. The molecule has 0 aromatic rings. The Hall–Kier alpha value is -1.73. The highest BCUT2D eigenvalue weighted by atomic mass is 16.8. The minimum atomic E-state index is -1.98. The van der Waals surface area contributed by atoms with Crippen molar-refractivity contribution in [3.05, 3.63) is 24.3 Å². The number of amides is 1. The van der Waals surface area contributed by atoms with E-state index in [9.17, 15) is 61.0 Å². The van der Waals surface area contributed by atoms with Crippen LogP contribution in [-0.2, 0) is 33.2 Å². The Morgan fingerprint density at radius 3 is 1.27 bits per heavy atom. The Balaban J connectivity index is 1.40. The van der Waals surface area contributed by atoms with Crippen molar-refractivity contribution in [1.82, 2.24) is 5.32 Å². The van der Waals surface area contributed by atoms with Gasteiger partial charge in [-0.25, -0.2) is 0 Å². The Labute approximate surface area is 467 Å². The maximum absolute atomic E-state index is 13.3. The van der Waals surface area contributed by atoms with Gasteiger partial charge in [-0.1, -0.05) is 205 Å². The topological polar surface area (TPSA) is 307 Å². The predicted octanol–water partition coefficient (Wildman–Crippen LogP) is 5.54. The van der Waals surface area contributed by atoms with Crippen LogP contribution in [0.4, 0.5) is 0 Å². The number of rotatable bonds is 45. The molecule has 3 saturated heterocycles. The molecular formula is C59H109NO18. The van der Waals surface area contributed by atoms with Crippen LogP contribution in [0.15, 0.2) is 24.3 Å². The normalized spacial score (nSPS) is 30.6. The fourth-order valence-electron chi connectivity index (χ4n) is 10.4. The summed E-state index contributed by atoms with van der Waals surface area (Å²) in [4.78, 5) is 13.3. The minimum Gasteiger partial charge on any atom is -0.394 e. The van der Waals surface area contributed by atoms with Crippen molar-refractivity contribution in [2.45, 2.75) is 317 Å². The van der Waals surface area contributed by atoms with Crippen molar-refractivity contribution in [1.29, 1.82) is 0 Å². The molecule has 0 saturated carbocycles. The maximum Gasteiger partial charge on any atom is 0.220 e. The highest BCUT2D eigenvalue weighted by Gasteiger charge is 2.53. The summed E-state index contributed by atoms with van der Waals surface area (Å²) in [6, 6.07) is -0.983. The summed E-state index contributed by atoms with van der Waals surface area (Å²) in [7, 11) is 0. The van der Waals surface area contributed by atoms with E-state index in [2.05, 4.69) is 31.3 Å². The van der Waals surface area contributed by atoms with Crippen LogP contribution in [0.3, 0.4) is 0 Å². The van der Waals surface area contributed by atoms with Gasteiger partial charge >= 0.3 is 0 Å². The molecule has 0 aliphatic carbocycles. The summed E-state index contributed by atoms with van der Waals surface area (Å²) in [6.07, 6.45) is 17.9. The molecule has 19 nitrogen and oxygen atoms in total. The second-order valence-corrected chi connectivity index (χ2v) is 22.2. The van der Waals surface area contributed by atoms with Crippen LogP contribution in [0.2, 0.25) is 0 Å². The first-order chi connectivity index (χ1) is 37.8. The summed E-state index contributed by atoms with van der Waals surface area (Å²) < 4.78 is 34.1. The number of aliphatic hydroxyl groups is 11. The number of hydrogen-bond acceptors (Lipinski definition) is 18. The molecular weight excluding hydrogens is 1010 g/mol. The van der Waals surface area contributed by atoms with Crippen LogP contribution in [0.1, 0.15) is 213 Å². The molecule has 458 valence electrons. The average Bonchev–Trinajstić information content (AvgIpc) is 3.48. The lowest BCUT2D eigenvalue weighted by Gasteiger charge is -2.48. The molecule has 0 aromatic carbocycles. The van der Waals surface area contributed by atoms with Gasteiger partial charge in [0.05, 0.1) is 38.6 Å². The van der Waals surface area contributed by atoms with Gasteiger partial charge in [-0.15, -0.1) is 0 Å². The summed E-state index contributed by atoms with van der Waals surface area (Å²) in [5, 5.41) is 120. The molecule has 0 radical (unpaired) electrons. The zero-order valence-electron chi connectivity index (χ0n) is 47.7. The minimum absolute atomic E-state index is 0.239. The first kappa shape index (κ1) is 70.5. The number of carbonyl (C=O) groups is 1. The monoisotopic (exact) mass is 1120 g/mol. The molecule has 0 bridgehead atoms. The number of nitrogens with one attached hydrogen (secondary N) is 1. The molecule has 1 amide bonds. The summed E-state index contributed by atoms with van der Waals surface area (Å²) in [6.45, 7) is 1.62. The van der Waals surface area contributed by atoms with E-state index in [-0.39, 0.29) is 18.9 Å². The summed E-state index contributed by atoms with van der Waals surface area (Å²) in [5.74, 6) is -0.286. The average molecular weight is 1120 g/mol. The van der Waals surface area contributed by atoms with Gasteiger partial charge in [0.15, 0.2) is 18.9 Å². The Morgan fingerprint density at radius 2 is 0.821 bits per heavy atom. The number of unbranched alkanes of at least 4 members (excludes halogenated alkanes) is 27. The van der Waals surface area contributed by atoms with Gasteiger partial charge in [0, 0.05) is 6.42 Å². The van der Waals surface area contributed by atoms with Crippen molar-refractivity contribution < 1.29 is 89.4 Å². The fraction of sp³-hybridized carbons (Fsp3) is 0.915. The zero-order chi connectivity index (χ0) is 56.9. The van der Waals surface area contributed by atoms with Crippen LogP contribution in [-0.4, -0.2) is 193 Å². The van der Waals surface area contributed by atoms with Gasteiger partial charge in [0.1, 0.15) is 73.2 Å². The Bertz CT molecular complexity index is 1530. The fourth-order valence-corrected chi connectivity index (χ4v) is 10.4. The third-order valence-electron chi connectivity index (χ3n) is 15.5. The molecule has 0 aromatic heterocycles. The quantitative estimate of drug-likeness (QED) is 0.0263. The lowest BCUT2D eigenvalue weighted by atomic mass is 9.96. The van der Waals surface area contributed by atoms with Crippen molar-refractivity contribution >= 4 is 5.91 Å². The van der Waals surface area contributed by atoms with Gasteiger partial charge < -0.3 is 89.9 Å². The molecule has 3 rings (SSSR count). The number of carbonyl (C=O) groups excluding carboxylic acids is 1. The molecule has 3 aliphatic heterocycles. The van der Waals surface area contributed by atoms with Crippen LogP contribution in [0.5, 0.6) is 0 Å². The van der Waals surface area contributed by atoms with Crippen molar-refractivity contribution in [3.8, 4) is 0 Å². The standard InChI is InChI=1S/C59H109NO18/c1-3-5-7-9-11-13-14-15-16-17-18-19-20-21-22-23-24-25-26-27-28-29-31-33-35-37-47(65)60-42(43(64)36-34-32-30-12-10-8-6-4-2)41-73-57-53(71)50(68)55(45(39-62)75-57)78-59-54(72)51(69)56(46(40-63)76-59)77-58-52(70)49(67)48(66)44(38-61)74-58/h10,12,34,36,42-46,48-59,61-64,66-72H,3-9,11,13-33,35,37-41H2,1-2H3,(H,60,65)/b12-10+,36-34+. The van der Waals surface area contributed by atoms with Crippen LogP contribution in [0.25, 0.3) is 0 Å². The second kappa shape index (κ2) is 43.0. The van der Waals surface area contributed by atoms with Gasteiger partial charge in [0.25, 0.3) is 0 Å². The van der Waals surface area contributed by atoms with Gasteiger partial charge in [-0.05, 0) is 25.7 Å². The highest BCUT2D eigenvalue weighted by Crippen LogP contribution is 2.33. The van der Waals surface area contributed by atoms with Gasteiger partial charge in [-0.2, -0.15) is 0 Å². The van der Waals surface area contributed by atoms with Crippen LogP contribution in [0, 0.1) is 0 Å². The van der Waals surface area contributed by atoms with Crippen molar-refractivity contribution in [2.24, 2.45) is 0 Å². The van der Waals surface area contributed by atoms with E-state index in [1.54, 1.807) is 6.08 Å². The van der Waals surface area contributed by atoms with E-state index >= 15 is 0 Å². The molecule has 19 heteroatoms. The van der Waals surface area contributed by atoms with E-state index in [1.165, 1.54) is 135 Å². The van der Waals surface area contributed by atoms with Gasteiger partial charge in [-0.3, -0.25) is 4.79 Å². The highest BCUT2D eigenvalue weighted by molar-refractivity contribution is 5.76. The molecule has 78 heavy (non-hydrogen) atoms. The van der Waals surface area contributed by atoms with E-state index in [0.29, 0.717) is 12.8 Å². The van der Waals surface area contributed by atoms with Gasteiger partial charge in [0.2, 0.25) is 5.91 Å². The predicted molar refractivity (Wildman–Crippen MR) is 296 cm³/mol. The van der Waals surface area contributed by atoms with E-state index in [0.717, 1.165) is 44.9 Å². The van der Waals surface area contributed by atoms with Crippen molar-refractivity contribution in [3.63, 3.8) is 0 Å². The molecule has 3 fully saturated rings. The van der Waals surface area contributed by atoms with E-state index < -0.39 is 124 Å². The number of aliphatic hydroxyl groups excluding tert-OH is 11. The first-order valence-corrected chi connectivity index (χ1v) is 30.6. The summed E-state index contributed by atoms with van der Waals surface area (Å²) in [5.41, 5.74) is 0. The van der Waals surface area contributed by atoms with Crippen LogP contribution >= 0.6 is 0 Å². The Kier molecular flexibility index (Phi) is 38.9. The molecule has 3 heterocycles. The number of hydrogen-bond donors (Lipinski definition) is 12. The third kappa shape index (κ3) is 26.7. The lowest BCUT2D eigenvalue weighted by molar-refractivity contribution is -0.379. The first-order valence-electron chi connectivity index (χ1n) is 30.6. The summed E-state index contributed by atoms with van der Waals surface area (Å²) >= 11 is 0. The molecule has 3 aliphatic rings. The lowest BCUT2D eigenvalue weighted by Crippen LogP contribution is -2.66. The second-order valence-electron chi connectivity index (χ2n) is 22.2. The van der Waals surface area contributed by atoms with E-state index in [1.807, 2.05) is 6.08 Å². The van der Waals surface area contributed by atoms with E-state index in [4.69, 9.17) is 28.4 Å². The number of allylic oxidation sites excluding steroid dienone is 3. The van der Waals surface area contributed by atoms with Crippen molar-refractivity contribution in [2.75, 3.05) is 26.4 Å². The molecule has 17 unspecified atom stereocenters. The molecule has 17 atom stereocenters.